The SMILES string of the molecule is COCc1cc(CNC(=O)C2CC(=O)N(c3nc4ccccc4s3)C2)[nH]n1. The van der Waals surface area contributed by atoms with Crippen LogP contribution >= 0.6 is 11.3 Å². The van der Waals surface area contributed by atoms with Crippen LogP contribution in [0, 0.1) is 5.92 Å². The smallest absolute Gasteiger partial charge is 0.229 e. The maximum absolute atomic E-state index is 12.5. The number of hydrogen-bond donors (Lipinski definition) is 2. The number of fused-ring (bicyclic) bond motifs is 1. The second-order valence-electron chi connectivity index (χ2n) is 6.40. The number of H-pyrrole nitrogens is 1. The first-order chi connectivity index (χ1) is 13.1. The fraction of sp³-hybridized carbons (Fsp3) is 0.333. The van der Waals surface area contributed by atoms with Gasteiger partial charge in [-0.1, -0.05) is 23.5 Å². The van der Waals surface area contributed by atoms with E-state index in [2.05, 4.69) is 20.5 Å². The van der Waals surface area contributed by atoms with Crippen LogP contribution in [0.15, 0.2) is 30.3 Å². The Morgan fingerprint density at radius 1 is 1.44 bits per heavy atom. The van der Waals surface area contributed by atoms with E-state index < -0.39 is 0 Å². The molecule has 1 atom stereocenters. The van der Waals surface area contributed by atoms with E-state index in [0.29, 0.717) is 24.8 Å². The number of thiazole rings is 1. The molecule has 1 unspecified atom stereocenters. The van der Waals surface area contributed by atoms with Gasteiger partial charge in [-0.2, -0.15) is 5.10 Å². The molecule has 3 aromatic rings. The van der Waals surface area contributed by atoms with Gasteiger partial charge < -0.3 is 10.1 Å². The number of aromatic amines is 1. The van der Waals surface area contributed by atoms with Crippen molar-refractivity contribution in [1.82, 2.24) is 20.5 Å². The van der Waals surface area contributed by atoms with Gasteiger partial charge in [-0.25, -0.2) is 4.98 Å². The van der Waals surface area contributed by atoms with Crippen molar-refractivity contribution in [3.05, 3.63) is 41.7 Å². The van der Waals surface area contributed by atoms with Gasteiger partial charge in [0.2, 0.25) is 11.8 Å². The summed E-state index contributed by atoms with van der Waals surface area (Å²) >= 11 is 1.47. The third-order valence-corrected chi connectivity index (χ3v) is 5.50. The molecule has 0 aliphatic carbocycles. The average molecular weight is 385 g/mol. The summed E-state index contributed by atoms with van der Waals surface area (Å²) in [5.74, 6) is -0.598. The Morgan fingerprint density at radius 3 is 3.11 bits per heavy atom. The number of carbonyl (C=O) groups excluding carboxylic acids is 2. The monoisotopic (exact) mass is 385 g/mol. The minimum Gasteiger partial charge on any atom is -0.378 e. The molecule has 9 heteroatoms. The zero-order chi connectivity index (χ0) is 18.8. The molecule has 8 nitrogen and oxygen atoms in total. The first-order valence-electron chi connectivity index (χ1n) is 8.60. The Labute approximate surface area is 159 Å². The Kier molecular flexibility index (Phi) is 4.87. The lowest BCUT2D eigenvalue weighted by Gasteiger charge is -2.12. The molecule has 1 aromatic carbocycles. The van der Waals surface area contributed by atoms with E-state index >= 15 is 0 Å². The number of nitrogens with one attached hydrogen (secondary N) is 2. The van der Waals surface area contributed by atoms with Crippen molar-refractivity contribution < 1.29 is 14.3 Å². The summed E-state index contributed by atoms with van der Waals surface area (Å²) in [5.41, 5.74) is 2.44. The number of nitrogens with zero attached hydrogens (tertiary/aromatic N) is 3. The zero-order valence-electron chi connectivity index (χ0n) is 14.8. The van der Waals surface area contributed by atoms with E-state index in [0.717, 1.165) is 21.6 Å². The third kappa shape index (κ3) is 3.69. The number of anilines is 1. The van der Waals surface area contributed by atoms with Gasteiger partial charge in [-0.15, -0.1) is 0 Å². The predicted octanol–water partition coefficient (Wildman–Crippen LogP) is 1.84. The Balaban J connectivity index is 1.38. The summed E-state index contributed by atoms with van der Waals surface area (Å²) in [4.78, 5) is 31.0. The lowest BCUT2D eigenvalue weighted by atomic mass is 10.1. The number of para-hydroxylation sites is 1. The highest BCUT2D eigenvalue weighted by Crippen LogP contribution is 2.32. The molecule has 1 aliphatic heterocycles. The molecule has 2 N–H and O–H groups in total. The molecule has 0 saturated carbocycles. The summed E-state index contributed by atoms with van der Waals surface area (Å²) in [5, 5.41) is 10.5. The van der Waals surface area contributed by atoms with Crippen molar-refractivity contribution in [1.29, 1.82) is 0 Å². The summed E-state index contributed by atoms with van der Waals surface area (Å²) in [6, 6.07) is 9.60. The molecule has 1 saturated heterocycles. The number of aromatic nitrogens is 3. The van der Waals surface area contributed by atoms with Gasteiger partial charge in [0.05, 0.1) is 40.7 Å². The van der Waals surface area contributed by atoms with Gasteiger partial charge in [-0.3, -0.25) is 19.6 Å². The first-order valence-corrected chi connectivity index (χ1v) is 9.41. The summed E-state index contributed by atoms with van der Waals surface area (Å²) in [6.07, 6.45) is 0.194. The molecule has 27 heavy (non-hydrogen) atoms. The topological polar surface area (TPSA) is 100 Å². The summed E-state index contributed by atoms with van der Waals surface area (Å²) < 4.78 is 6.04. The predicted molar refractivity (Wildman–Crippen MR) is 101 cm³/mol. The molecule has 3 heterocycles. The van der Waals surface area contributed by atoms with Crippen LogP contribution in [0.3, 0.4) is 0 Å². The zero-order valence-corrected chi connectivity index (χ0v) is 15.6. The van der Waals surface area contributed by atoms with Crippen molar-refractivity contribution >= 4 is 38.5 Å². The number of ether oxygens (including phenoxy) is 1. The summed E-state index contributed by atoms with van der Waals surface area (Å²) in [6.45, 7) is 1.10. The van der Waals surface area contributed by atoms with Crippen molar-refractivity contribution in [3.63, 3.8) is 0 Å². The van der Waals surface area contributed by atoms with E-state index in [1.807, 2.05) is 30.3 Å². The number of methoxy groups -OCH3 is 1. The lowest BCUT2D eigenvalue weighted by Crippen LogP contribution is -2.32. The minimum absolute atomic E-state index is 0.0712. The van der Waals surface area contributed by atoms with E-state index in [9.17, 15) is 9.59 Å². The van der Waals surface area contributed by atoms with Crippen molar-refractivity contribution in [2.45, 2.75) is 19.6 Å². The first kappa shape index (κ1) is 17.6. The number of hydrogen-bond acceptors (Lipinski definition) is 6. The van der Waals surface area contributed by atoms with Gasteiger partial charge in [0.25, 0.3) is 0 Å². The molecule has 2 amide bonds. The fourth-order valence-electron chi connectivity index (χ4n) is 3.09. The van der Waals surface area contributed by atoms with Crippen LogP contribution < -0.4 is 10.2 Å². The Morgan fingerprint density at radius 2 is 2.30 bits per heavy atom. The largest absolute Gasteiger partial charge is 0.378 e. The second-order valence-corrected chi connectivity index (χ2v) is 7.41. The summed E-state index contributed by atoms with van der Waals surface area (Å²) in [7, 11) is 1.60. The maximum atomic E-state index is 12.5. The quantitative estimate of drug-likeness (QED) is 0.674. The molecule has 1 aliphatic rings. The standard InChI is InChI=1S/C18H19N5O3S/c1-26-10-13-7-12(21-22-13)8-19-17(25)11-6-16(24)23(9-11)18-20-14-4-2-3-5-15(14)27-18/h2-5,7,11H,6,8-10H2,1H3,(H,19,25)(H,21,22). The highest BCUT2D eigenvalue weighted by Gasteiger charge is 2.36. The fourth-order valence-corrected chi connectivity index (χ4v) is 4.08. The van der Waals surface area contributed by atoms with E-state index in [-0.39, 0.29) is 24.2 Å². The van der Waals surface area contributed by atoms with Gasteiger partial charge in [0, 0.05) is 20.1 Å². The van der Waals surface area contributed by atoms with Crippen LogP contribution in [-0.2, 0) is 27.5 Å². The van der Waals surface area contributed by atoms with Crippen molar-refractivity contribution in [2.24, 2.45) is 5.92 Å². The van der Waals surface area contributed by atoms with E-state index in [1.165, 1.54) is 11.3 Å². The van der Waals surface area contributed by atoms with Crippen LogP contribution in [0.25, 0.3) is 10.2 Å². The number of benzene rings is 1. The molecule has 4 rings (SSSR count). The molecule has 1 fully saturated rings. The van der Waals surface area contributed by atoms with Gasteiger partial charge in [0.15, 0.2) is 5.13 Å². The normalized spacial score (nSPS) is 17.0. The highest BCUT2D eigenvalue weighted by molar-refractivity contribution is 7.22. The molecular formula is C18H19N5O3S. The van der Waals surface area contributed by atoms with Crippen LogP contribution in [0.4, 0.5) is 5.13 Å². The van der Waals surface area contributed by atoms with Crippen LogP contribution in [0.5, 0.6) is 0 Å². The number of carbonyl (C=O) groups is 2. The molecular weight excluding hydrogens is 366 g/mol. The van der Waals surface area contributed by atoms with E-state index in [4.69, 9.17) is 4.74 Å². The third-order valence-electron chi connectivity index (χ3n) is 4.44. The molecule has 0 spiro atoms. The number of amides is 2. The second kappa shape index (κ2) is 7.45. The van der Waals surface area contributed by atoms with Crippen molar-refractivity contribution in [3.8, 4) is 0 Å². The van der Waals surface area contributed by atoms with Gasteiger partial charge in [0.1, 0.15) is 0 Å². The van der Waals surface area contributed by atoms with E-state index in [1.54, 1.807) is 12.0 Å². The maximum Gasteiger partial charge on any atom is 0.229 e. The number of rotatable bonds is 6. The van der Waals surface area contributed by atoms with Crippen LogP contribution in [0.2, 0.25) is 0 Å². The molecule has 0 radical (unpaired) electrons. The van der Waals surface area contributed by atoms with Gasteiger partial charge >= 0.3 is 0 Å². The molecule has 0 bridgehead atoms. The van der Waals surface area contributed by atoms with Crippen LogP contribution in [-0.4, -0.2) is 40.7 Å². The van der Waals surface area contributed by atoms with Crippen molar-refractivity contribution in [2.75, 3.05) is 18.6 Å². The average Bonchev–Trinajstić information content (AvgIpc) is 3.37. The lowest BCUT2D eigenvalue weighted by molar-refractivity contribution is -0.126. The Bertz CT molecular complexity index is 949. The van der Waals surface area contributed by atoms with Gasteiger partial charge in [-0.05, 0) is 18.2 Å². The molecule has 140 valence electrons. The minimum atomic E-state index is -0.383. The Hall–Kier alpha value is -2.78. The highest BCUT2D eigenvalue weighted by atomic mass is 32.1. The van der Waals surface area contributed by atoms with Crippen LogP contribution in [0.1, 0.15) is 17.8 Å². The molecule has 2 aromatic heterocycles.